The number of rotatable bonds is 6. The van der Waals surface area contributed by atoms with E-state index < -0.39 is 0 Å². The number of nitrogens with one attached hydrogen (secondary N) is 1. The van der Waals surface area contributed by atoms with Gasteiger partial charge in [0.2, 0.25) is 11.9 Å². The van der Waals surface area contributed by atoms with Crippen molar-refractivity contribution in [1.29, 1.82) is 0 Å². The average molecular weight is 378 g/mol. The Morgan fingerprint density at radius 3 is 2.68 bits per heavy atom. The zero-order chi connectivity index (χ0) is 19.2. The van der Waals surface area contributed by atoms with E-state index in [1.165, 1.54) is 5.56 Å². The number of hydrogen-bond donors (Lipinski definition) is 2. The molecule has 0 radical (unpaired) electrons. The van der Waals surface area contributed by atoms with Crippen molar-refractivity contribution in [3.05, 3.63) is 48.5 Å². The van der Waals surface area contributed by atoms with E-state index >= 15 is 0 Å². The highest BCUT2D eigenvalue weighted by molar-refractivity contribution is 5.63. The second-order valence-corrected chi connectivity index (χ2v) is 6.41. The first kappa shape index (κ1) is 18.1. The number of nitrogens with two attached hydrogens (primary N) is 1. The van der Waals surface area contributed by atoms with Crippen LogP contribution < -0.4 is 16.0 Å². The summed E-state index contributed by atoms with van der Waals surface area (Å²) in [5.41, 5.74) is 8.32. The number of anilines is 3. The number of pyridine rings is 1. The highest BCUT2D eigenvalue weighted by atomic mass is 16.5. The molecular weight excluding hydrogens is 356 g/mol. The maximum absolute atomic E-state index is 5.61. The predicted octanol–water partition coefficient (Wildman–Crippen LogP) is 1.40. The van der Waals surface area contributed by atoms with Gasteiger partial charge in [0.1, 0.15) is 5.82 Å². The molecule has 28 heavy (non-hydrogen) atoms. The van der Waals surface area contributed by atoms with Gasteiger partial charge in [-0.2, -0.15) is 4.98 Å². The summed E-state index contributed by atoms with van der Waals surface area (Å²) in [6.45, 7) is 3.60. The van der Waals surface area contributed by atoms with Crippen LogP contribution in [0.3, 0.4) is 0 Å². The number of morpholine rings is 1. The van der Waals surface area contributed by atoms with Gasteiger partial charge in [-0.25, -0.2) is 15.0 Å². The molecule has 0 aliphatic carbocycles. The van der Waals surface area contributed by atoms with E-state index in [4.69, 9.17) is 20.4 Å². The average Bonchev–Trinajstić information content (AvgIpc) is 2.75. The quantitative estimate of drug-likeness (QED) is 0.656. The Morgan fingerprint density at radius 2 is 1.93 bits per heavy atom. The molecule has 1 aliphatic rings. The van der Waals surface area contributed by atoms with Crippen molar-refractivity contribution < 1.29 is 4.74 Å². The molecule has 1 fully saturated rings. The minimum atomic E-state index is 0.237. The first-order valence-corrected chi connectivity index (χ1v) is 9.20. The monoisotopic (exact) mass is 378 g/mol. The van der Waals surface area contributed by atoms with Crippen molar-refractivity contribution >= 4 is 17.7 Å². The van der Waals surface area contributed by atoms with Crippen LogP contribution in [0, 0.1) is 0 Å². The smallest absolute Gasteiger partial charge is 0.228 e. The molecule has 3 aromatic heterocycles. The minimum absolute atomic E-state index is 0.237. The molecule has 0 amide bonds. The van der Waals surface area contributed by atoms with Crippen LogP contribution in [0.25, 0.3) is 11.3 Å². The molecule has 0 spiro atoms. The SMILES string of the molecule is Nc1ncc(-c2cc(NCCc3cccnc3)nc(N3CCOCC3)n2)cn1. The largest absolute Gasteiger partial charge is 0.378 e. The van der Waals surface area contributed by atoms with Crippen LogP contribution in [0.1, 0.15) is 5.56 Å². The lowest BCUT2D eigenvalue weighted by atomic mass is 10.2. The lowest BCUT2D eigenvalue weighted by Crippen LogP contribution is -2.37. The normalized spacial score (nSPS) is 14.1. The maximum Gasteiger partial charge on any atom is 0.228 e. The fourth-order valence-electron chi connectivity index (χ4n) is 2.93. The highest BCUT2D eigenvalue weighted by Gasteiger charge is 2.16. The van der Waals surface area contributed by atoms with Gasteiger partial charge in [0, 0.05) is 56.1 Å². The Bertz CT molecular complexity index is 898. The van der Waals surface area contributed by atoms with Gasteiger partial charge >= 0.3 is 0 Å². The third-order valence-electron chi connectivity index (χ3n) is 4.42. The molecule has 3 aromatic rings. The summed E-state index contributed by atoms with van der Waals surface area (Å²) in [6, 6.07) is 5.91. The van der Waals surface area contributed by atoms with Crippen LogP contribution >= 0.6 is 0 Å². The molecule has 9 nitrogen and oxygen atoms in total. The summed E-state index contributed by atoms with van der Waals surface area (Å²) < 4.78 is 5.44. The molecule has 1 saturated heterocycles. The molecule has 4 rings (SSSR count). The van der Waals surface area contributed by atoms with Crippen molar-refractivity contribution in [2.75, 3.05) is 48.8 Å². The second-order valence-electron chi connectivity index (χ2n) is 6.41. The summed E-state index contributed by atoms with van der Waals surface area (Å²) in [5.74, 6) is 1.66. The van der Waals surface area contributed by atoms with Crippen LogP contribution in [0.2, 0.25) is 0 Å². The molecule has 0 aromatic carbocycles. The number of hydrogen-bond acceptors (Lipinski definition) is 9. The van der Waals surface area contributed by atoms with Crippen LogP contribution in [0.5, 0.6) is 0 Å². The summed E-state index contributed by atoms with van der Waals surface area (Å²) in [6.07, 6.45) is 7.85. The van der Waals surface area contributed by atoms with Gasteiger partial charge in [0.05, 0.1) is 18.9 Å². The summed E-state index contributed by atoms with van der Waals surface area (Å²) in [5, 5.41) is 3.39. The maximum atomic E-state index is 5.61. The van der Waals surface area contributed by atoms with Crippen LogP contribution in [0.15, 0.2) is 43.0 Å². The van der Waals surface area contributed by atoms with Gasteiger partial charge < -0.3 is 20.7 Å². The molecule has 0 unspecified atom stereocenters. The molecular formula is C19H22N8O. The Morgan fingerprint density at radius 1 is 1.11 bits per heavy atom. The Kier molecular flexibility index (Phi) is 5.53. The Labute approximate surface area is 163 Å². The molecule has 0 bridgehead atoms. The first-order valence-electron chi connectivity index (χ1n) is 9.20. The van der Waals surface area contributed by atoms with Crippen molar-refractivity contribution in [2.45, 2.75) is 6.42 Å². The van der Waals surface area contributed by atoms with Crippen molar-refractivity contribution in [1.82, 2.24) is 24.9 Å². The minimum Gasteiger partial charge on any atom is -0.378 e. The molecule has 144 valence electrons. The van der Waals surface area contributed by atoms with Crippen molar-refractivity contribution in [3.63, 3.8) is 0 Å². The van der Waals surface area contributed by atoms with Crippen molar-refractivity contribution in [3.8, 4) is 11.3 Å². The van der Waals surface area contributed by atoms with Gasteiger partial charge in [-0.3, -0.25) is 4.98 Å². The van der Waals surface area contributed by atoms with Gasteiger partial charge in [0.15, 0.2) is 0 Å². The van der Waals surface area contributed by atoms with Crippen molar-refractivity contribution in [2.24, 2.45) is 0 Å². The number of aromatic nitrogens is 5. The summed E-state index contributed by atoms with van der Waals surface area (Å²) in [7, 11) is 0. The van der Waals surface area contributed by atoms with E-state index in [9.17, 15) is 0 Å². The van der Waals surface area contributed by atoms with Crippen LogP contribution in [-0.2, 0) is 11.2 Å². The Hall–Kier alpha value is -3.33. The lowest BCUT2D eigenvalue weighted by molar-refractivity contribution is 0.122. The number of ether oxygens (including phenoxy) is 1. The van der Waals surface area contributed by atoms with E-state index in [0.29, 0.717) is 19.2 Å². The molecule has 0 atom stereocenters. The zero-order valence-electron chi connectivity index (χ0n) is 15.5. The second kappa shape index (κ2) is 8.57. The summed E-state index contributed by atoms with van der Waals surface area (Å²) in [4.78, 5) is 23.8. The number of nitrogen functional groups attached to an aromatic ring is 1. The molecule has 4 heterocycles. The first-order chi connectivity index (χ1) is 13.8. The molecule has 1 aliphatic heterocycles. The molecule has 9 heteroatoms. The van der Waals surface area contributed by atoms with Gasteiger partial charge in [-0.1, -0.05) is 6.07 Å². The van der Waals surface area contributed by atoms with Gasteiger partial charge in [-0.15, -0.1) is 0 Å². The fraction of sp³-hybridized carbons (Fsp3) is 0.316. The van der Waals surface area contributed by atoms with Gasteiger partial charge in [-0.05, 0) is 18.1 Å². The third kappa shape index (κ3) is 4.49. The Balaban J connectivity index is 1.56. The molecule has 3 N–H and O–H groups in total. The van der Waals surface area contributed by atoms with Crippen LogP contribution in [-0.4, -0.2) is 57.8 Å². The predicted molar refractivity (Wildman–Crippen MR) is 107 cm³/mol. The van der Waals surface area contributed by atoms with Crippen LogP contribution in [0.4, 0.5) is 17.7 Å². The highest BCUT2D eigenvalue weighted by Crippen LogP contribution is 2.23. The zero-order valence-corrected chi connectivity index (χ0v) is 15.5. The topological polar surface area (TPSA) is 115 Å². The third-order valence-corrected chi connectivity index (χ3v) is 4.42. The number of nitrogens with zero attached hydrogens (tertiary/aromatic N) is 6. The lowest BCUT2D eigenvalue weighted by Gasteiger charge is -2.27. The van der Waals surface area contributed by atoms with E-state index in [2.05, 4.69) is 31.2 Å². The summed E-state index contributed by atoms with van der Waals surface area (Å²) >= 11 is 0. The fourth-order valence-corrected chi connectivity index (χ4v) is 2.93. The van der Waals surface area contributed by atoms with E-state index in [1.807, 2.05) is 18.3 Å². The van der Waals surface area contributed by atoms with E-state index in [-0.39, 0.29) is 5.95 Å². The standard InChI is InChI=1S/C19H22N8O/c20-18-23-12-15(13-24-18)16-10-17(22-5-3-14-2-1-4-21-11-14)26-19(25-16)27-6-8-28-9-7-27/h1-2,4,10-13H,3,5-9H2,(H2,20,23,24)(H,22,25,26). The van der Waals surface area contributed by atoms with E-state index in [1.54, 1.807) is 18.6 Å². The molecule has 0 saturated carbocycles. The van der Waals surface area contributed by atoms with E-state index in [0.717, 1.165) is 43.1 Å². The van der Waals surface area contributed by atoms with Gasteiger partial charge in [0.25, 0.3) is 0 Å².